The van der Waals surface area contributed by atoms with Crippen LogP contribution in [0, 0.1) is 18.9 Å². The van der Waals surface area contributed by atoms with Crippen molar-refractivity contribution in [1.29, 1.82) is 0 Å². The molecule has 1 fully saturated rings. The minimum atomic E-state index is -9.79. The smallest absolute Gasteiger partial charge is 0.310 e. The number of nitrogens with zero attached hydrogens (tertiary/aromatic N) is 1. The molecule has 3 unspecified atom stereocenters. The average Bonchev–Trinajstić information content (AvgIpc) is 3.06. The number of carbonyl (C=O) groups is 2. The zero-order valence-corrected chi connectivity index (χ0v) is 27.2. The molecule has 6 nitrogen and oxygen atoms in total. The second kappa shape index (κ2) is 13.9. The van der Waals surface area contributed by atoms with Crippen molar-refractivity contribution in [2.24, 2.45) is 11.8 Å². The quantitative estimate of drug-likeness (QED) is 0.115. The highest BCUT2D eigenvalue weighted by atomic mass is 32.5. The van der Waals surface area contributed by atoms with Gasteiger partial charge < -0.3 is 15.0 Å². The van der Waals surface area contributed by atoms with Crippen LogP contribution >= 0.6 is 10.2 Å². The molecule has 0 saturated heterocycles. The van der Waals surface area contributed by atoms with Crippen LogP contribution < -0.4 is 20.5 Å². The number of ether oxygens (including phenoxy) is 2. The molecule has 0 spiro atoms. The summed E-state index contributed by atoms with van der Waals surface area (Å²) < 4.78 is 76.5. The Hall–Kier alpha value is -3.25. The predicted molar refractivity (Wildman–Crippen MR) is 172 cm³/mol. The van der Waals surface area contributed by atoms with Crippen LogP contribution in [0.4, 0.5) is 19.4 Å². The molecule has 254 valence electrons. The summed E-state index contributed by atoms with van der Waals surface area (Å²) in [5.74, 6) is -0.0380. The van der Waals surface area contributed by atoms with Crippen LogP contribution in [0.15, 0.2) is 41.3 Å². The number of halogens is 5. The summed E-state index contributed by atoms with van der Waals surface area (Å²) in [5, 5.41) is 4.70. The molecule has 0 radical (unpaired) electrons. The van der Waals surface area contributed by atoms with Crippen LogP contribution in [0.2, 0.25) is 0 Å². The van der Waals surface area contributed by atoms with Crippen molar-refractivity contribution in [3.8, 4) is 5.75 Å². The standard InChI is InChI=1S/C34H43F5N2O4S/c1-4-45-33-30(34(43)40-20-21-44-3)19-16-26-13-12-24(2)41(23-31(26)33)22-25-8-5-6-10-27(11-7-9-25)32(42)28-14-17-29(18-15-28)46(35,36,37,38)39/h13-19,23-25,27H,3-12,20-22H2,1-2H3/p+1. The van der Waals surface area contributed by atoms with Crippen LogP contribution in [0.5, 0.6) is 5.75 Å². The zero-order valence-electron chi connectivity index (χ0n) is 26.4. The van der Waals surface area contributed by atoms with E-state index in [1.807, 2.05) is 13.0 Å². The topological polar surface area (TPSA) is 67.9 Å². The molecule has 1 heterocycles. The third kappa shape index (κ3) is 9.18. The van der Waals surface area contributed by atoms with Crippen LogP contribution in [-0.2, 0) is 4.74 Å². The molecule has 4 rings (SSSR count). The summed E-state index contributed by atoms with van der Waals surface area (Å²) in [6.07, 6.45) is 10.5. The van der Waals surface area contributed by atoms with E-state index in [0.29, 0.717) is 62.0 Å². The highest BCUT2D eigenvalue weighted by Gasteiger charge is 2.65. The van der Waals surface area contributed by atoms with Crippen LogP contribution in [0.25, 0.3) is 12.3 Å². The third-order valence-corrected chi connectivity index (χ3v) is 10.0. The number of Topliss-reactive ketones (excluding diaryl/α,β-unsaturated/α-hetero) is 1. The van der Waals surface area contributed by atoms with E-state index < -0.39 is 15.1 Å². The molecule has 1 aliphatic heterocycles. The first kappa shape index (κ1) is 35.6. The van der Waals surface area contributed by atoms with Crippen LogP contribution in [-0.4, -0.2) is 48.9 Å². The fourth-order valence-electron chi connectivity index (χ4n) is 6.32. The first-order chi connectivity index (χ1) is 21.6. The highest BCUT2D eigenvalue weighted by Crippen LogP contribution is 3.02. The molecular formula is C34H44F5N2O4S+. The molecule has 2 aliphatic rings. The molecule has 0 bridgehead atoms. The number of hydrogen-bond donors (Lipinski definition) is 1. The van der Waals surface area contributed by atoms with Crippen LogP contribution in [0.3, 0.4) is 0 Å². The van der Waals surface area contributed by atoms with E-state index in [0.717, 1.165) is 67.6 Å². The average molecular weight is 672 g/mol. The largest absolute Gasteiger partial charge is 0.492 e. The number of rotatable bonds is 11. The number of benzene rings is 2. The van der Waals surface area contributed by atoms with E-state index in [1.54, 1.807) is 6.07 Å². The van der Waals surface area contributed by atoms with Gasteiger partial charge in [0.1, 0.15) is 17.3 Å². The predicted octanol–water partition coefficient (Wildman–Crippen LogP) is 7.75. The van der Waals surface area contributed by atoms with Gasteiger partial charge in [-0.2, -0.15) is 4.74 Å². The van der Waals surface area contributed by atoms with E-state index in [4.69, 9.17) is 9.47 Å². The monoisotopic (exact) mass is 671 g/mol. The Labute approximate surface area is 267 Å². The fraction of sp³-hybridized carbons (Fsp3) is 0.500. The Morgan fingerprint density at radius 3 is 2.33 bits per heavy atom. The lowest BCUT2D eigenvalue weighted by Gasteiger charge is -2.40. The number of ketones is 1. The van der Waals surface area contributed by atoms with Crippen LogP contribution in [0.1, 0.15) is 85.9 Å². The summed E-state index contributed by atoms with van der Waals surface area (Å²) in [6.45, 7) is 5.83. The van der Waals surface area contributed by atoms with Gasteiger partial charge in [0.15, 0.2) is 5.78 Å². The van der Waals surface area contributed by atoms with Crippen molar-refractivity contribution in [3.63, 3.8) is 0 Å². The molecule has 12 heteroatoms. The second-order valence-electron chi connectivity index (χ2n) is 12.3. The van der Waals surface area contributed by atoms with E-state index in [2.05, 4.69) is 36.5 Å². The summed E-state index contributed by atoms with van der Waals surface area (Å²) in [4.78, 5) is 26.5. The van der Waals surface area contributed by atoms with Gasteiger partial charge in [0, 0.05) is 42.0 Å². The van der Waals surface area contributed by atoms with Gasteiger partial charge in [0.05, 0.1) is 12.2 Å². The molecule has 1 amide bonds. The number of hydrogen-bond acceptors (Lipinski definition) is 5. The number of carbonyl (C=O) groups excluding carboxylic acids is 2. The number of fused-ring (bicyclic) bond motifs is 1. The van der Waals surface area contributed by atoms with Crippen molar-refractivity contribution < 1.29 is 38.5 Å². The second-order valence-corrected chi connectivity index (χ2v) is 14.7. The van der Waals surface area contributed by atoms with Gasteiger partial charge in [-0.1, -0.05) is 50.8 Å². The van der Waals surface area contributed by atoms with E-state index >= 15 is 0 Å². The van der Waals surface area contributed by atoms with Crippen molar-refractivity contribution in [2.75, 3.05) is 26.3 Å². The van der Waals surface area contributed by atoms with Gasteiger partial charge in [-0.25, -0.2) is 0 Å². The maximum absolute atomic E-state index is 13.2. The highest BCUT2D eigenvalue weighted by molar-refractivity contribution is 8.45. The summed E-state index contributed by atoms with van der Waals surface area (Å²) in [6, 6.07) is 6.31. The fourth-order valence-corrected chi connectivity index (χ4v) is 6.97. The van der Waals surface area contributed by atoms with E-state index in [9.17, 15) is 29.0 Å². The maximum Gasteiger partial charge on any atom is 0.310 e. The van der Waals surface area contributed by atoms with Crippen molar-refractivity contribution in [3.05, 3.63) is 65.1 Å². The third-order valence-electron chi connectivity index (χ3n) is 8.84. The Balaban J connectivity index is 1.48. The van der Waals surface area contributed by atoms with E-state index in [1.165, 1.54) is 0 Å². The molecule has 46 heavy (non-hydrogen) atoms. The number of amides is 1. The molecule has 0 aromatic heterocycles. The first-order valence-electron chi connectivity index (χ1n) is 15.9. The minimum absolute atomic E-state index is 0.0307. The van der Waals surface area contributed by atoms with Gasteiger partial charge in [0.2, 0.25) is 7.11 Å². The summed E-state index contributed by atoms with van der Waals surface area (Å²) in [7, 11) is -6.46. The SMILES string of the molecule is [CH2+]OCCNC(=O)c1ccc2c(c1OCC)=CN(CC1CCCCC(C(=O)c3ccc(S(F)(F)(F)(F)F)cc3)CCC1)C(C)CC=2. The molecule has 1 aliphatic carbocycles. The molecule has 1 saturated carbocycles. The van der Waals surface area contributed by atoms with Crippen molar-refractivity contribution in [2.45, 2.75) is 76.2 Å². The molecule has 1 N–H and O–H groups in total. The Bertz CT molecular complexity index is 1520. The normalized spacial score (nSPS) is 22.2. The van der Waals surface area contributed by atoms with Crippen molar-refractivity contribution >= 4 is 34.2 Å². The molecular weight excluding hydrogens is 627 g/mol. The van der Waals surface area contributed by atoms with Gasteiger partial charge in [0.25, 0.3) is 5.91 Å². The molecule has 2 aromatic rings. The molecule has 2 aromatic carbocycles. The number of nitrogens with one attached hydrogen (secondary N) is 1. The van der Waals surface area contributed by atoms with Gasteiger partial charge in [-0.05, 0) is 87.4 Å². The van der Waals surface area contributed by atoms with E-state index in [-0.39, 0.29) is 29.2 Å². The Kier molecular flexibility index (Phi) is 10.7. The lowest BCUT2D eigenvalue weighted by molar-refractivity contribution is 0.0901. The minimum Gasteiger partial charge on any atom is -0.492 e. The van der Waals surface area contributed by atoms with Gasteiger partial charge >= 0.3 is 10.2 Å². The van der Waals surface area contributed by atoms with Gasteiger partial charge in [-0.3, -0.25) is 9.59 Å². The zero-order chi connectivity index (χ0) is 33.6. The molecule has 3 atom stereocenters. The Morgan fingerprint density at radius 2 is 1.65 bits per heavy atom. The summed E-state index contributed by atoms with van der Waals surface area (Å²) >= 11 is 0. The maximum atomic E-state index is 13.2. The Morgan fingerprint density at radius 1 is 0.978 bits per heavy atom. The summed E-state index contributed by atoms with van der Waals surface area (Å²) in [5.41, 5.74) is 0.480. The lowest BCUT2D eigenvalue weighted by Crippen LogP contribution is -2.36. The first-order valence-corrected chi connectivity index (χ1v) is 17.8. The van der Waals surface area contributed by atoms with Gasteiger partial charge in [-0.15, -0.1) is 0 Å². The van der Waals surface area contributed by atoms with Crippen molar-refractivity contribution in [1.82, 2.24) is 10.2 Å². The lowest BCUT2D eigenvalue weighted by atomic mass is 9.89.